The van der Waals surface area contributed by atoms with Gasteiger partial charge < -0.3 is 57.6 Å². The van der Waals surface area contributed by atoms with Crippen LogP contribution < -0.4 is 0 Å². The van der Waals surface area contributed by atoms with E-state index in [1.165, 1.54) is 7.11 Å². The lowest BCUT2D eigenvalue weighted by atomic mass is 9.64. The van der Waals surface area contributed by atoms with Crippen LogP contribution in [-0.2, 0) is 72.0 Å². The molecule has 3 aromatic carbocycles. The Kier molecular flexibility index (Phi) is 17.4. The maximum atomic E-state index is 14.1. The van der Waals surface area contributed by atoms with Gasteiger partial charge in [0.05, 0.1) is 70.0 Å². The summed E-state index contributed by atoms with van der Waals surface area (Å²) in [4.78, 5) is 14.1. The average molecular weight is 887 g/mol. The first kappa shape index (κ1) is 48.2. The lowest BCUT2D eigenvalue weighted by molar-refractivity contribution is -0.400. The van der Waals surface area contributed by atoms with Crippen molar-refractivity contribution in [1.82, 2.24) is 0 Å². The predicted octanol–water partition coefficient (Wildman–Crippen LogP) is 6.84. The number of aliphatic hydroxyl groups is 2. The van der Waals surface area contributed by atoms with Crippen molar-refractivity contribution < 1.29 is 62.4 Å². The molecule has 1 aliphatic carbocycles. The third kappa shape index (κ3) is 11.1. The molecule has 64 heavy (non-hydrogen) atoms. The molecule has 0 bridgehead atoms. The largest absolute Gasteiger partial charge is 0.469 e. The highest BCUT2D eigenvalue weighted by Gasteiger charge is 2.77. The van der Waals surface area contributed by atoms with Gasteiger partial charge in [0.25, 0.3) is 0 Å². The van der Waals surface area contributed by atoms with Crippen LogP contribution in [0.25, 0.3) is 0 Å². The van der Waals surface area contributed by atoms with Crippen molar-refractivity contribution in [2.24, 2.45) is 17.8 Å². The summed E-state index contributed by atoms with van der Waals surface area (Å²) in [5.74, 6) is -2.30. The molecule has 0 radical (unpaired) electrons. The van der Waals surface area contributed by atoms with Crippen LogP contribution in [0.4, 0.5) is 0 Å². The van der Waals surface area contributed by atoms with E-state index >= 15 is 0 Å². The van der Waals surface area contributed by atoms with E-state index in [0.717, 1.165) is 29.5 Å². The number of rotatable bonds is 22. The van der Waals surface area contributed by atoms with Gasteiger partial charge in [-0.25, -0.2) is 0 Å². The molecule has 3 saturated heterocycles. The minimum absolute atomic E-state index is 0.0556. The molecule has 2 N–H and O–H groups in total. The van der Waals surface area contributed by atoms with Crippen molar-refractivity contribution in [3.8, 4) is 12.3 Å². The Hall–Kier alpha value is -3.75. The summed E-state index contributed by atoms with van der Waals surface area (Å²) in [6.45, 7) is 7.03. The van der Waals surface area contributed by atoms with E-state index in [1.54, 1.807) is 0 Å². The molecule has 348 valence electrons. The number of carbonyl (C=O) groups is 1. The number of hydrogen-bond donors (Lipinski definition) is 2. The fourth-order valence-electron chi connectivity index (χ4n) is 9.53. The maximum absolute atomic E-state index is 14.1. The van der Waals surface area contributed by atoms with Crippen LogP contribution in [-0.4, -0.2) is 103 Å². The Morgan fingerprint density at radius 1 is 0.750 bits per heavy atom. The van der Waals surface area contributed by atoms with E-state index in [-0.39, 0.29) is 13.2 Å². The quantitative estimate of drug-likeness (QED) is 0.0617. The molecule has 3 heterocycles. The van der Waals surface area contributed by atoms with E-state index in [4.69, 9.17) is 53.8 Å². The van der Waals surface area contributed by atoms with Gasteiger partial charge in [0.1, 0.15) is 24.2 Å². The van der Waals surface area contributed by atoms with Gasteiger partial charge in [0, 0.05) is 18.8 Å². The van der Waals surface area contributed by atoms with Gasteiger partial charge in [-0.05, 0) is 36.0 Å². The van der Waals surface area contributed by atoms with Gasteiger partial charge in [-0.3, -0.25) is 4.79 Å². The topological polar surface area (TPSA) is 150 Å². The molecule has 4 fully saturated rings. The molecule has 3 aliphatic heterocycles. The Labute approximate surface area is 377 Å². The zero-order chi connectivity index (χ0) is 45.1. The van der Waals surface area contributed by atoms with Gasteiger partial charge in [0.2, 0.25) is 0 Å². The van der Waals surface area contributed by atoms with E-state index in [2.05, 4.69) is 12.8 Å². The Bertz CT molecular complexity index is 1900. The second-order valence-corrected chi connectivity index (χ2v) is 17.3. The maximum Gasteiger partial charge on any atom is 0.316 e. The van der Waals surface area contributed by atoms with Gasteiger partial charge >= 0.3 is 5.97 Å². The van der Waals surface area contributed by atoms with Crippen LogP contribution in [0.1, 0.15) is 82.4 Å². The summed E-state index contributed by atoms with van der Waals surface area (Å²) >= 11 is 0. The van der Waals surface area contributed by atoms with E-state index < -0.39 is 97.2 Å². The summed E-state index contributed by atoms with van der Waals surface area (Å²) in [5, 5.41) is 24.1. The van der Waals surface area contributed by atoms with Crippen LogP contribution in [0.3, 0.4) is 0 Å². The molecule has 0 amide bonds. The molecule has 1 saturated carbocycles. The average Bonchev–Trinajstić information content (AvgIpc) is 3.54. The Morgan fingerprint density at radius 3 is 1.95 bits per heavy atom. The zero-order valence-electron chi connectivity index (χ0n) is 37.5. The van der Waals surface area contributed by atoms with Gasteiger partial charge in [-0.15, -0.1) is 12.3 Å². The molecule has 4 aliphatic rings. The van der Waals surface area contributed by atoms with Crippen LogP contribution in [0.5, 0.6) is 0 Å². The second kappa shape index (κ2) is 23.1. The molecule has 7 rings (SSSR count). The summed E-state index contributed by atoms with van der Waals surface area (Å²) in [6.07, 6.45) is 0.673. The first-order chi connectivity index (χ1) is 31.2. The normalized spacial score (nSPS) is 34.6. The van der Waals surface area contributed by atoms with Crippen molar-refractivity contribution >= 4 is 5.97 Å². The van der Waals surface area contributed by atoms with Crippen molar-refractivity contribution in [2.75, 3.05) is 13.7 Å². The van der Waals surface area contributed by atoms with Crippen LogP contribution in [0, 0.1) is 30.1 Å². The molecular formula is C51H66O13. The highest BCUT2D eigenvalue weighted by molar-refractivity contribution is 5.76. The highest BCUT2D eigenvalue weighted by atomic mass is 16.8. The molecule has 15 unspecified atom stereocenters. The molecule has 0 aromatic heterocycles. The van der Waals surface area contributed by atoms with Crippen molar-refractivity contribution in [3.63, 3.8) is 0 Å². The lowest BCUT2D eigenvalue weighted by Crippen LogP contribution is -2.72. The summed E-state index contributed by atoms with van der Waals surface area (Å²) in [7, 11) is 1.30. The third-order valence-electron chi connectivity index (χ3n) is 12.8. The minimum Gasteiger partial charge on any atom is -0.469 e. The van der Waals surface area contributed by atoms with Crippen molar-refractivity contribution in [3.05, 3.63) is 108 Å². The smallest absolute Gasteiger partial charge is 0.316 e. The molecular weight excluding hydrogens is 821 g/mol. The fraction of sp³-hybridized carbons (Fsp3) is 0.588. The lowest BCUT2D eigenvalue weighted by Gasteiger charge is -2.55. The number of terminal acetylenes is 1. The van der Waals surface area contributed by atoms with Crippen molar-refractivity contribution in [1.29, 1.82) is 0 Å². The van der Waals surface area contributed by atoms with Crippen LogP contribution in [0.15, 0.2) is 91.0 Å². The fourth-order valence-corrected chi connectivity index (χ4v) is 9.53. The molecule has 15 atom stereocenters. The van der Waals surface area contributed by atoms with Crippen molar-refractivity contribution in [2.45, 2.75) is 159 Å². The van der Waals surface area contributed by atoms with Gasteiger partial charge in [0.15, 0.2) is 24.7 Å². The third-order valence-corrected chi connectivity index (χ3v) is 12.8. The summed E-state index contributed by atoms with van der Waals surface area (Å²) < 4.78 is 64.9. The number of benzene rings is 3. The Balaban J connectivity index is 1.17. The first-order valence-electron chi connectivity index (χ1n) is 23.0. The molecule has 13 heteroatoms. The summed E-state index contributed by atoms with van der Waals surface area (Å²) in [6, 6.07) is 29.1. The second-order valence-electron chi connectivity index (χ2n) is 17.3. The zero-order valence-corrected chi connectivity index (χ0v) is 37.5. The number of aliphatic hydroxyl groups excluding tert-OH is 2. The molecule has 3 aromatic rings. The number of fused-ring (bicyclic) bond motifs is 1. The molecule has 13 nitrogen and oxygen atoms in total. The van der Waals surface area contributed by atoms with E-state index in [1.807, 2.05) is 105 Å². The SMILES string of the molecule is C#CCCCOC1CC(OCc2ccccc2)C(OC2OC3(OCc4ccccc4)C(C(=O)OC)C(OC4OC(CCC)C(O)C(OCc5ccccc5)C4C)C3C2O)C(CCC)O1. The standard InChI is InChI=1S/C51H66O13/c1-6-9-19-28-56-40-29-39(57-30-34-22-13-10-14-23-34)46(38(60-40)21-8-3)62-50-44(53)41-47(42(48(54)55-5)51(41,64-50)59-32-36-26-17-12-18-27-36)63-49-33(4)45(43(52)37(61-49)20-7-2)58-31-35-24-15-11-16-25-35/h1,10-18,22-27,33,37-47,49-50,52-53H,7-9,19-21,28-32H2,2-5H3. The number of hydrogen-bond acceptors (Lipinski definition) is 13. The monoisotopic (exact) mass is 886 g/mol. The number of methoxy groups -OCH3 is 1. The molecule has 0 spiro atoms. The Morgan fingerprint density at radius 2 is 1.34 bits per heavy atom. The van der Waals surface area contributed by atoms with Gasteiger partial charge in [-0.2, -0.15) is 0 Å². The number of carbonyl (C=O) groups excluding carboxylic acids is 1. The number of unbranched alkanes of at least 4 members (excludes halogenated alkanes) is 1. The van der Waals surface area contributed by atoms with E-state index in [9.17, 15) is 15.0 Å². The van der Waals surface area contributed by atoms with E-state index in [0.29, 0.717) is 45.3 Å². The minimum atomic E-state index is -1.72. The summed E-state index contributed by atoms with van der Waals surface area (Å²) in [5.41, 5.74) is 2.77. The number of ether oxygens (including phenoxy) is 10. The van der Waals surface area contributed by atoms with Gasteiger partial charge in [-0.1, -0.05) is 125 Å². The first-order valence-corrected chi connectivity index (χ1v) is 23.0. The predicted molar refractivity (Wildman–Crippen MR) is 235 cm³/mol. The van der Waals surface area contributed by atoms with Crippen LogP contribution >= 0.6 is 0 Å². The number of esters is 1. The van der Waals surface area contributed by atoms with Crippen LogP contribution in [0.2, 0.25) is 0 Å². The highest BCUT2D eigenvalue weighted by Crippen LogP contribution is 2.59.